The van der Waals surface area contributed by atoms with Crippen molar-refractivity contribution in [3.63, 3.8) is 0 Å². The minimum atomic E-state index is -0.790. The molecule has 0 fully saturated rings. The van der Waals surface area contributed by atoms with Crippen molar-refractivity contribution in [3.05, 3.63) is 29.6 Å². The molecule has 16 heavy (non-hydrogen) atoms. The van der Waals surface area contributed by atoms with Gasteiger partial charge in [0.25, 0.3) is 0 Å². The predicted molar refractivity (Wildman–Crippen MR) is 66.3 cm³/mol. The van der Waals surface area contributed by atoms with Crippen LogP contribution in [0.15, 0.2) is 18.3 Å². The van der Waals surface area contributed by atoms with Crippen LogP contribution >= 0.6 is 0 Å². The van der Waals surface area contributed by atoms with Crippen LogP contribution in [0.2, 0.25) is 0 Å². The van der Waals surface area contributed by atoms with Gasteiger partial charge in [0.05, 0.1) is 5.60 Å². The number of rotatable bonds is 6. The van der Waals surface area contributed by atoms with Crippen LogP contribution in [0.5, 0.6) is 0 Å². The lowest BCUT2D eigenvalue weighted by Crippen LogP contribution is -2.28. The maximum atomic E-state index is 10.3. The third-order valence-electron chi connectivity index (χ3n) is 2.75. The highest BCUT2D eigenvalue weighted by Crippen LogP contribution is 2.23. The van der Waals surface area contributed by atoms with E-state index in [1.165, 1.54) is 0 Å². The fraction of sp³-hybridized carbons (Fsp3) is 0.615. The topological polar surface area (TPSA) is 45.1 Å². The Hall–Kier alpha value is -0.930. The van der Waals surface area contributed by atoms with Gasteiger partial charge in [-0.3, -0.25) is 4.98 Å². The summed E-state index contributed by atoms with van der Waals surface area (Å²) in [5.74, 6) is 0. The van der Waals surface area contributed by atoms with Crippen LogP contribution in [0.25, 0.3) is 0 Å². The minimum absolute atomic E-state index is 0.706. The summed E-state index contributed by atoms with van der Waals surface area (Å²) in [5, 5.41) is 13.6. The molecule has 1 unspecified atom stereocenters. The maximum absolute atomic E-state index is 10.3. The monoisotopic (exact) mass is 222 g/mol. The Kier molecular flexibility index (Phi) is 4.90. The number of hydrogen-bond acceptors (Lipinski definition) is 3. The highest BCUT2D eigenvalue weighted by molar-refractivity contribution is 5.19. The molecule has 0 saturated heterocycles. The fourth-order valence-electron chi connectivity index (χ4n) is 1.56. The van der Waals surface area contributed by atoms with E-state index < -0.39 is 5.60 Å². The normalized spacial score (nSPS) is 14.8. The Labute approximate surface area is 97.9 Å². The first-order valence-corrected chi connectivity index (χ1v) is 5.92. The molecule has 0 aliphatic rings. The molecule has 0 radical (unpaired) electrons. The molecule has 3 heteroatoms. The molecule has 1 aromatic heterocycles. The SMILES string of the molecule is CCCNCCC(C)(O)c1ccc(C)nc1. The average Bonchev–Trinajstić information content (AvgIpc) is 2.25. The zero-order valence-corrected chi connectivity index (χ0v) is 10.5. The maximum Gasteiger partial charge on any atom is 0.0895 e. The van der Waals surface area contributed by atoms with Crippen LogP contribution < -0.4 is 5.32 Å². The molecule has 0 spiro atoms. The van der Waals surface area contributed by atoms with E-state index in [1.807, 2.05) is 26.0 Å². The third-order valence-corrected chi connectivity index (χ3v) is 2.75. The minimum Gasteiger partial charge on any atom is -0.385 e. The van der Waals surface area contributed by atoms with Gasteiger partial charge in [0.2, 0.25) is 0 Å². The molecule has 0 bridgehead atoms. The van der Waals surface area contributed by atoms with E-state index >= 15 is 0 Å². The summed E-state index contributed by atoms with van der Waals surface area (Å²) >= 11 is 0. The smallest absolute Gasteiger partial charge is 0.0895 e. The van der Waals surface area contributed by atoms with Crippen molar-refractivity contribution in [2.75, 3.05) is 13.1 Å². The van der Waals surface area contributed by atoms with Crippen LogP contribution in [0.1, 0.15) is 37.9 Å². The number of aromatic nitrogens is 1. The molecule has 1 heterocycles. The van der Waals surface area contributed by atoms with Crippen molar-refractivity contribution < 1.29 is 5.11 Å². The first-order chi connectivity index (χ1) is 7.56. The van der Waals surface area contributed by atoms with Gasteiger partial charge in [-0.15, -0.1) is 0 Å². The van der Waals surface area contributed by atoms with Crippen molar-refractivity contribution in [1.29, 1.82) is 0 Å². The van der Waals surface area contributed by atoms with E-state index in [2.05, 4.69) is 17.2 Å². The molecular formula is C13H22N2O. The lowest BCUT2D eigenvalue weighted by atomic mass is 9.94. The Morgan fingerprint density at radius 1 is 1.38 bits per heavy atom. The van der Waals surface area contributed by atoms with Crippen molar-refractivity contribution >= 4 is 0 Å². The number of pyridine rings is 1. The summed E-state index contributed by atoms with van der Waals surface area (Å²) in [5.41, 5.74) is 1.07. The molecule has 0 amide bonds. The molecule has 90 valence electrons. The molecule has 1 aromatic rings. The van der Waals surface area contributed by atoms with Gasteiger partial charge in [0.1, 0.15) is 0 Å². The van der Waals surface area contributed by atoms with Crippen molar-refractivity contribution in [2.24, 2.45) is 0 Å². The van der Waals surface area contributed by atoms with Gasteiger partial charge in [-0.2, -0.15) is 0 Å². The zero-order chi connectivity index (χ0) is 12.0. The molecular weight excluding hydrogens is 200 g/mol. The molecule has 0 aliphatic heterocycles. The van der Waals surface area contributed by atoms with Crippen LogP contribution in [0.3, 0.4) is 0 Å². The highest BCUT2D eigenvalue weighted by Gasteiger charge is 2.22. The van der Waals surface area contributed by atoms with Crippen LogP contribution in [-0.2, 0) is 5.60 Å². The number of hydrogen-bond donors (Lipinski definition) is 2. The fourth-order valence-corrected chi connectivity index (χ4v) is 1.56. The van der Waals surface area contributed by atoms with Gasteiger partial charge in [0.15, 0.2) is 0 Å². The zero-order valence-electron chi connectivity index (χ0n) is 10.5. The van der Waals surface area contributed by atoms with Crippen LogP contribution in [-0.4, -0.2) is 23.2 Å². The largest absolute Gasteiger partial charge is 0.385 e. The lowest BCUT2D eigenvalue weighted by molar-refractivity contribution is 0.0477. The summed E-state index contributed by atoms with van der Waals surface area (Å²) in [6, 6.07) is 3.88. The molecule has 0 aromatic carbocycles. The summed E-state index contributed by atoms with van der Waals surface area (Å²) in [4.78, 5) is 4.21. The van der Waals surface area contributed by atoms with Crippen LogP contribution in [0, 0.1) is 6.92 Å². The Balaban J connectivity index is 2.52. The molecule has 1 atom stereocenters. The molecule has 3 nitrogen and oxygen atoms in total. The lowest BCUT2D eigenvalue weighted by Gasteiger charge is -2.23. The van der Waals surface area contributed by atoms with E-state index in [4.69, 9.17) is 0 Å². The second-order valence-electron chi connectivity index (χ2n) is 4.46. The first-order valence-electron chi connectivity index (χ1n) is 5.92. The second kappa shape index (κ2) is 5.97. The van der Waals surface area contributed by atoms with E-state index in [-0.39, 0.29) is 0 Å². The Morgan fingerprint density at radius 2 is 2.12 bits per heavy atom. The number of aryl methyl sites for hydroxylation is 1. The van der Waals surface area contributed by atoms with Crippen molar-refractivity contribution in [2.45, 2.75) is 39.2 Å². The average molecular weight is 222 g/mol. The van der Waals surface area contributed by atoms with Gasteiger partial charge in [-0.1, -0.05) is 13.0 Å². The Morgan fingerprint density at radius 3 is 2.69 bits per heavy atom. The van der Waals surface area contributed by atoms with Crippen LogP contribution in [0.4, 0.5) is 0 Å². The number of aliphatic hydroxyl groups is 1. The van der Waals surface area contributed by atoms with Gasteiger partial charge in [0, 0.05) is 17.5 Å². The highest BCUT2D eigenvalue weighted by atomic mass is 16.3. The summed E-state index contributed by atoms with van der Waals surface area (Å²) in [7, 11) is 0. The quantitative estimate of drug-likeness (QED) is 0.723. The standard InChI is InChI=1S/C13H22N2O/c1-4-8-14-9-7-13(3,16)12-6-5-11(2)15-10-12/h5-6,10,14,16H,4,7-9H2,1-3H3. The van der Waals surface area contributed by atoms with Crippen molar-refractivity contribution in [1.82, 2.24) is 10.3 Å². The van der Waals surface area contributed by atoms with E-state index in [0.29, 0.717) is 6.42 Å². The molecule has 0 aliphatic carbocycles. The predicted octanol–water partition coefficient (Wildman–Crippen LogP) is 1.99. The van der Waals surface area contributed by atoms with Gasteiger partial charge >= 0.3 is 0 Å². The van der Waals surface area contributed by atoms with E-state index in [1.54, 1.807) is 6.20 Å². The van der Waals surface area contributed by atoms with E-state index in [0.717, 1.165) is 30.8 Å². The molecule has 0 saturated carbocycles. The van der Waals surface area contributed by atoms with Gasteiger partial charge in [-0.25, -0.2) is 0 Å². The first kappa shape index (κ1) is 13.1. The summed E-state index contributed by atoms with van der Waals surface area (Å²) in [6.45, 7) is 7.75. The molecule has 1 rings (SSSR count). The number of nitrogens with one attached hydrogen (secondary N) is 1. The second-order valence-corrected chi connectivity index (χ2v) is 4.46. The number of nitrogens with zero attached hydrogens (tertiary/aromatic N) is 1. The van der Waals surface area contributed by atoms with Crippen molar-refractivity contribution in [3.8, 4) is 0 Å². The third kappa shape index (κ3) is 3.91. The van der Waals surface area contributed by atoms with Gasteiger partial charge < -0.3 is 10.4 Å². The van der Waals surface area contributed by atoms with E-state index in [9.17, 15) is 5.11 Å². The molecule has 2 N–H and O–H groups in total. The summed E-state index contributed by atoms with van der Waals surface area (Å²) in [6.07, 6.45) is 3.58. The Bertz CT molecular complexity index is 306. The van der Waals surface area contributed by atoms with Gasteiger partial charge in [-0.05, 0) is 45.8 Å². The summed E-state index contributed by atoms with van der Waals surface area (Å²) < 4.78 is 0.